The normalized spacial score (nSPS) is 17.8. The topological polar surface area (TPSA) is 132 Å². The van der Waals surface area contributed by atoms with Crippen LogP contribution in [-0.4, -0.2) is 31.6 Å². The number of hydrogen-bond acceptors (Lipinski definition) is 8. The minimum Gasteiger partial charge on any atom is -0.305 e. The van der Waals surface area contributed by atoms with Crippen LogP contribution in [0.4, 0.5) is 5.69 Å². The van der Waals surface area contributed by atoms with Crippen LogP contribution in [0.5, 0.6) is 0 Å². The van der Waals surface area contributed by atoms with Crippen LogP contribution >= 0.6 is 7.82 Å². The Bertz CT molecular complexity index is 1380. The molecule has 1 amide bonds. The summed E-state index contributed by atoms with van der Waals surface area (Å²) < 4.78 is 29.5. The SMILES string of the molecule is COP(=O)(OC)O[C@@]1([C@@H](C[N+](=O)[O-])c2ccc(C#N)cc2)C(=O)N(Cc2ccccc2)c2ccccc21. The first-order valence-corrected chi connectivity index (χ1v) is 12.7. The van der Waals surface area contributed by atoms with Gasteiger partial charge in [0.25, 0.3) is 5.91 Å². The average molecular weight is 521 g/mol. The molecule has 3 aromatic rings. The van der Waals surface area contributed by atoms with Crippen LogP contribution < -0.4 is 4.90 Å². The summed E-state index contributed by atoms with van der Waals surface area (Å²) in [5.41, 5.74) is 0.112. The molecule has 0 aliphatic carbocycles. The third kappa shape index (κ3) is 4.90. The Labute approximate surface area is 213 Å². The lowest BCUT2D eigenvalue weighted by Crippen LogP contribution is -2.48. The molecule has 4 rings (SSSR count). The van der Waals surface area contributed by atoms with E-state index in [1.165, 1.54) is 29.2 Å². The molecule has 1 aliphatic heterocycles. The molecule has 10 nitrogen and oxygen atoms in total. The summed E-state index contributed by atoms with van der Waals surface area (Å²) in [7, 11) is -2.14. The van der Waals surface area contributed by atoms with Gasteiger partial charge < -0.3 is 4.90 Å². The number of amides is 1. The van der Waals surface area contributed by atoms with Gasteiger partial charge in [-0.2, -0.15) is 5.26 Å². The first-order chi connectivity index (χ1) is 17.8. The number of benzene rings is 3. The maximum Gasteiger partial charge on any atom is 0.475 e. The molecule has 1 aliphatic rings. The van der Waals surface area contributed by atoms with Gasteiger partial charge in [0.2, 0.25) is 6.54 Å². The Balaban J connectivity index is 1.98. The summed E-state index contributed by atoms with van der Waals surface area (Å²) in [6.07, 6.45) is 0. The van der Waals surface area contributed by atoms with E-state index in [1.54, 1.807) is 24.3 Å². The first kappa shape index (κ1) is 26.2. The fraction of sp³-hybridized carbons (Fsp3) is 0.231. The van der Waals surface area contributed by atoms with E-state index >= 15 is 0 Å². The van der Waals surface area contributed by atoms with Gasteiger partial charge in [0.1, 0.15) is 0 Å². The summed E-state index contributed by atoms with van der Waals surface area (Å²) in [4.78, 5) is 27.2. The van der Waals surface area contributed by atoms with Crippen molar-refractivity contribution in [2.75, 3.05) is 25.7 Å². The van der Waals surface area contributed by atoms with Crippen molar-refractivity contribution >= 4 is 19.4 Å². The fourth-order valence-electron chi connectivity index (χ4n) is 4.59. The average Bonchev–Trinajstić information content (AvgIpc) is 3.15. The van der Waals surface area contributed by atoms with E-state index < -0.39 is 36.7 Å². The predicted octanol–water partition coefficient (Wildman–Crippen LogP) is 4.78. The van der Waals surface area contributed by atoms with Crippen molar-refractivity contribution in [3.05, 3.63) is 111 Å². The molecule has 3 aromatic carbocycles. The first-order valence-electron chi connectivity index (χ1n) is 11.3. The Kier molecular flexibility index (Phi) is 7.52. The van der Waals surface area contributed by atoms with Crippen LogP contribution in [0.3, 0.4) is 0 Å². The zero-order valence-corrected chi connectivity index (χ0v) is 21.0. The van der Waals surface area contributed by atoms with Gasteiger partial charge >= 0.3 is 7.82 Å². The molecule has 0 aromatic heterocycles. The number of carbonyl (C=O) groups is 1. The van der Waals surface area contributed by atoms with Crippen molar-refractivity contribution < 1.29 is 27.9 Å². The number of anilines is 1. The smallest absolute Gasteiger partial charge is 0.305 e. The third-order valence-corrected chi connectivity index (χ3v) is 7.71. The Morgan fingerprint density at radius 1 is 1.03 bits per heavy atom. The molecular weight excluding hydrogens is 497 g/mol. The molecule has 1 heterocycles. The molecule has 0 unspecified atom stereocenters. The van der Waals surface area contributed by atoms with Gasteiger partial charge in [0, 0.05) is 24.7 Å². The van der Waals surface area contributed by atoms with Gasteiger partial charge in [-0.15, -0.1) is 0 Å². The predicted molar refractivity (Wildman–Crippen MR) is 134 cm³/mol. The standard InChI is InChI=1S/C26H24N3O7P/c1-34-37(33,35-2)36-26(23(18-29(31)32)21-14-12-19(16-27)13-15-21)22-10-6-7-11-24(22)28(25(26)30)17-20-8-4-3-5-9-20/h3-15,23H,17-18H2,1-2H3/t23-,26-/m0/s1. The number of hydrogen-bond donors (Lipinski definition) is 0. The van der Waals surface area contributed by atoms with E-state index in [4.69, 9.17) is 13.6 Å². The van der Waals surface area contributed by atoms with Crippen LogP contribution in [0.15, 0.2) is 78.9 Å². The van der Waals surface area contributed by atoms with E-state index in [0.717, 1.165) is 19.8 Å². The number of carbonyl (C=O) groups excluding carboxylic acids is 1. The summed E-state index contributed by atoms with van der Waals surface area (Å²) in [5, 5.41) is 21.2. The van der Waals surface area contributed by atoms with Gasteiger partial charge in [-0.1, -0.05) is 60.7 Å². The van der Waals surface area contributed by atoms with Gasteiger partial charge in [-0.25, -0.2) is 4.57 Å². The number of nitriles is 1. The summed E-state index contributed by atoms with van der Waals surface area (Å²) in [6, 6.07) is 24.0. The number of nitrogens with zero attached hydrogens (tertiary/aromatic N) is 3. The molecule has 0 spiro atoms. The highest BCUT2D eigenvalue weighted by Crippen LogP contribution is 2.61. The summed E-state index contributed by atoms with van der Waals surface area (Å²) >= 11 is 0. The lowest BCUT2D eigenvalue weighted by molar-refractivity contribution is -0.486. The molecule has 2 atom stereocenters. The van der Waals surface area contributed by atoms with E-state index in [1.807, 2.05) is 36.4 Å². The zero-order chi connectivity index (χ0) is 26.6. The maximum absolute atomic E-state index is 14.4. The van der Waals surface area contributed by atoms with Gasteiger partial charge in [0.05, 0.1) is 29.8 Å². The molecule has 0 saturated heterocycles. The van der Waals surface area contributed by atoms with Crippen LogP contribution in [0.1, 0.15) is 28.2 Å². The van der Waals surface area contributed by atoms with Crippen molar-refractivity contribution in [2.45, 2.75) is 18.1 Å². The van der Waals surface area contributed by atoms with E-state index in [-0.39, 0.29) is 6.54 Å². The number of fused-ring (bicyclic) bond motifs is 1. The van der Waals surface area contributed by atoms with Crippen molar-refractivity contribution in [2.24, 2.45) is 0 Å². The molecule has 0 saturated carbocycles. The monoisotopic (exact) mass is 521 g/mol. The highest BCUT2D eigenvalue weighted by molar-refractivity contribution is 7.48. The highest BCUT2D eigenvalue weighted by Gasteiger charge is 2.62. The molecule has 0 bridgehead atoms. The quantitative estimate of drug-likeness (QED) is 0.212. The Morgan fingerprint density at radius 2 is 1.65 bits per heavy atom. The second-order valence-corrected chi connectivity index (χ2v) is 10.1. The van der Waals surface area contributed by atoms with E-state index in [0.29, 0.717) is 22.4 Å². The molecular formula is C26H24N3O7P. The van der Waals surface area contributed by atoms with Gasteiger partial charge in [0.15, 0.2) is 5.60 Å². The van der Waals surface area contributed by atoms with Crippen molar-refractivity contribution in [3.8, 4) is 6.07 Å². The summed E-state index contributed by atoms with van der Waals surface area (Å²) in [5.74, 6) is -1.90. The molecule has 190 valence electrons. The van der Waals surface area contributed by atoms with Gasteiger partial charge in [-0.3, -0.25) is 28.5 Å². The number of phosphoric ester groups is 1. The number of rotatable bonds is 10. The lowest BCUT2D eigenvalue weighted by Gasteiger charge is -2.36. The van der Waals surface area contributed by atoms with Crippen LogP contribution in [0, 0.1) is 21.4 Å². The Morgan fingerprint density at radius 3 is 2.24 bits per heavy atom. The van der Waals surface area contributed by atoms with Crippen molar-refractivity contribution in [1.29, 1.82) is 5.26 Å². The number of phosphoric acid groups is 1. The molecule has 0 radical (unpaired) electrons. The number of para-hydroxylation sites is 1. The molecule has 0 N–H and O–H groups in total. The minimum absolute atomic E-state index is 0.143. The van der Waals surface area contributed by atoms with Crippen LogP contribution in [0.25, 0.3) is 0 Å². The zero-order valence-electron chi connectivity index (χ0n) is 20.1. The maximum atomic E-state index is 14.4. The Hall–Kier alpha value is -3.87. The fourth-order valence-corrected chi connectivity index (χ4v) is 5.55. The van der Waals surface area contributed by atoms with Gasteiger partial charge in [-0.05, 0) is 29.3 Å². The van der Waals surface area contributed by atoms with Crippen molar-refractivity contribution in [3.63, 3.8) is 0 Å². The second-order valence-electron chi connectivity index (χ2n) is 8.34. The molecule has 37 heavy (non-hydrogen) atoms. The van der Waals surface area contributed by atoms with E-state index in [9.17, 15) is 24.7 Å². The van der Waals surface area contributed by atoms with E-state index in [2.05, 4.69) is 0 Å². The van der Waals surface area contributed by atoms with Crippen LogP contribution in [-0.2, 0) is 35.1 Å². The highest BCUT2D eigenvalue weighted by atomic mass is 31.2. The lowest BCUT2D eigenvalue weighted by atomic mass is 9.77. The summed E-state index contributed by atoms with van der Waals surface area (Å²) in [6.45, 7) is -0.594. The second kappa shape index (κ2) is 10.6. The van der Waals surface area contributed by atoms with Crippen LogP contribution in [0.2, 0.25) is 0 Å². The molecule has 0 fully saturated rings. The largest absolute Gasteiger partial charge is 0.475 e. The van der Waals surface area contributed by atoms with Crippen molar-refractivity contribution in [1.82, 2.24) is 0 Å². The minimum atomic E-state index is -4.35. The third-order valence-electron chi connectivity index (χ3n) is 6.31. The molecule has 11 heteroatoms. The number of nitro groups is 1.